The lowest BCUT2D eigenvalue weighted by molar-refractivity contribution is -0.0681. The van der Waals surface area contributed by atoms with Gasteiger partial charge in [-0.05, 0) is 77.9 Å². The first-order chi connectivity index (χ1) is 13.4. The van der Waals surface area contributed by atoms with E-state index in [-0.39, 0.29) is 5.82 Å². The summed E-state index contributed by atoms with van der Waals surface area (Å²) >= 11 is 0. The first-order valence-electron chi connectivity index (χ1n) is 10.3. The second-order valence-electron chi connectivity index (χ2n) is 7.94. The lowest BCUT2D eigenvalue weighted by Gasteiger charge is -2.35. The van der Waals surface area contributed by atoms with Crippen molar-refractivity contribution in [1.29, 1.82) is 0 Å². The Kier molecular flexibility index (Phi) is 7.21. The second-order valence-corrected chi connectivity index (χ2v) is 7.94. The molecule has 0 saturated carbocycles. The molecule has 3 rings (SSSR count). The molecule has 154 valence electrons. The molecule has 1 aromatic carbocycles. The molecule has 2 atom stereocenters. The van der Waals surface area contributed by atoms with Crippen molar-refractivity contribution < 1.29 is 9.13 Å². The highest BCUT2D eigenvalue weighted by Crippen LogP contribution is 2.18. The number of aromatic nitrogens is 2. The molecule has 1 saturated heterocycles. The molecule has 1 aliphatic heterocycles. The number of morpholine rings is 1. The van der Waals surface area contributed by atoms with Crippen LogP contribution in [0.5, 0.6) is 0 Å². The van der Waals surface area contributed by atoms with E-state index < -0.39 is 0 Å². The molecule has 5 nitrogen and oxygen atoms in total. The van der Waals surface area contributed by atoms with Gasteiger partial charge in [0.05, 0.1) is 23.6 Å². The lowest BCUT2D eigenvalue weighted by atomic mass is 10.2. The summed E-state index contributed by atoms with van der Waals surface area (Å²) in [7, 11) is 0. The molecule has 2 aromatic rings. The summed E-state index contributed by atoms with van der Waals surface area (Å²) in [6, 6.07) is 6.47. The lowest BCUT2D eigenvalue weighted by Crippen LogP contribution is -2.45. The first kappa shape index (κ1) is 21.0. The van der Waals surface area contributed by atoms with Gasteiger partial charge in [0.15, 0.2) is 0 Å². The molecule has 2 heterocycles. The van der Waals surface area contributed by atoms with Crippen molar-refractivity contribution in [2.45, 2.75) is 59.3 Å². The third-order valence-corrected chi connectivity index (χ3v) is 5.39. The standard InChI is InChI=1S/C22H33FN4O/c1-16-14-26(15-17(2)28-16)12-6-5-11-24-13-22-18(3)25-27(19(22)4)21-9-7-20(23)8-10-21/h7-10,16-17,24H,5-6,11-15H2,1-4H3. The van der Waals surface area contributed by atoms with E-state index >= 15 is 0 Å². The van der Waals surface area contributed by atoms with E-state index in [2.05, 4.69) is 36.1 Å². The molecular weight excluding hydrogens is 355 g/mol. The molecule has 0 spiro atoms. The zero-order valence-corrected chi connectivity index (χ0v) is 17.5. The van der Waals surface area contributed by atoms with Gasteiger partial charge in [-0.2, -0.15) is 5.10 Å². The number of aryl methyl sites for hydroxylation is 1. The van der Waals surface area contributed by atoms with Crippen LogP contribution in [0.15, 0.2) is 24.3 Å². The fourth-order valence-corrected chi connectivity index (χ4v) is 4.03. The zero-order chi connectivity index (χ0) is 20.1. The van der Waals surface area contributed by atoms with Crippen LogP contribution in [0.1, 0.15) is 43.6 Å². The average molecular weight is 389 g/mol. The van der Waals surface area contributed by atoms with Crippen LogP contribution < -0.4 is 5.32 Å². The summed E-state index contributed by atoms with van der Waals surface area (Å²) in [6.07, 6.45) is 3.03. The van der Waals surface area contributed by atoms with Crippen molar-refractivity contribution >= 4 is 0 Å². The minimum absolute atomic E-state index is 0.229. The second kappa shape index (κ2) is 9.63. The number of ether oxygens (including phenoxy) is 1. The van der Waals surface area contributed by atoms with Crippen LogP contribution in [-0.4, -0.2) is 53.1 Å². The van der Waals surface area contributed by atoms with Gasteiger partial charge in [0.1, 0.15) is 5.82 Å². The molecule has 1 N–H and O–H groups in total. The van der Waals surface area contributed by atoms with Gasteiger partial charge in [0, 0.05) is 30.9 Å². The van der Waals surface area contributed by atoms with E-state index in [0.29, 0.717) is 12.2 Å². The van der Waals surface area contributed by atoms with Gasteiger partial charge in [0.2, 0.25) is 0 Å². The molecular formula is C22H33FN4O. The Hall–Kier alpha value is -1.76. The predicted molar refractivity (Wildman–Crippen MR) is 110 cm³/mol. The van der Waals surface area contributed by atoms with E-state index in [1.165, 1.54) is 24.1 Å². The predicted octanol–water partition coefficient (Wildman–Crippen LogP) is 3.61. The minimum Gasteiger partial charge on any atom is -0.373 e. The summed E-state index contributed by atoms with van der Waals surface area (Å²) < 4.78 is 20.9. The number of halogens is 1. The van der Waals surface area contributed by atoms with Gasteiger partial charge in [-0.3, -0.25) is 4.90 Å². The topological polar surface area (TPSA) is 42.3 Å². The highest BCUT2D eigenvalue weighted by molar-refractivity contribution is 5.37. The summed E-state index contributed by atoms with van der Waals surface area (Å²) in [5, 5.41) is 8.19. The highest BCUT2D eigenvalue weighted by atomic mass is 19.1. The molecule has 0 bridgehead atoms. The van der Waals surface area contributed by atoms with Gasteiger partial charge in [-0.25, -0.2) is 9.07 Å². The SMILES string of the molecule is Cc1nn(-c2ccc(F)cc2)c(C)c1CNCCCCN1CC(C)OC(C)C1. The number of nitrogens with one attached hydrogen (secondary N) is 1. The van der Waals surface area contributed by atoms with Crippen molar-refractivity contribution in [1.82, 2.24) is 20.0 Å². The normalized spacial score (nSPS) is 20.6. The van der Waals surface area contributed by atoms with Crippen molar-refractivity contribution in [3.63, 3.8) is 0 Å². The average Bonchev–Trinajstić information content (AvgIpc) is 2.92. The third kappa shape index (κ3) is 5.40. The van der Waals surface area contributed by atoms with E-state index in [4.69, 9.17) is 4.74 Å². The van der Waals surface area contributed by atoms with Crippen LogP contribution in [0, 0.1) is 19.7 Å². The van der Waals surface area contributed by atoms with Crippen molar-refractivity contribution in [2.75, 3.05) is 26.2 Å². The van der Waals surface area contributed by atoms with E-state index in [9.17, 15) is 4.39 Å². The molecule has 28 heavy (non-hydrogen) atoms. The number of hydrogen-bond acceptors (Lipinski definition) is 4. The molecule has 1 aromatic heterocycles. The molecule has 0 amide bonds. The Labute approximate surface area is 167 Å². The van der Waals surface area contributed by atoms with Crippen molar-refractivity contribution in [3.8, 4) is 5.69 Å². The maximum absolute atomic E-state index is 13.2. The fourth-order valence-electron chi connectivity index (χ4n) is 4.03. The Balaban J connectivity index is 1.43. The number of nitrogens with zero attached hydrogens (tertiary/aromatic N) is 3. The van der Waals surface area contributed by atoms with Crippen LogP contribution >= 0.6 is 0 Å². The van der Waals surface area contributed by atoms with Gasteiger partial charge in [0.25, 0.3) is 0 Å². The molecule has 1 aliphatic rings. The fraction of sp³-hybridized carbons (Fsp3) is 0.591. The van der Waals surface area contributed by atoms with Gasteiger partial charge in [-0.1, -0.05) is 0 Å². The van der Waals surface area contributed by atoms with Gasteiger partial charge >= 0.3 is 0 Å². The zero-order valence-electron chi connectivity index (χ0n) is 17.5. The minimum atomic E-state index is -0.229. The molecule has 2 unspecified atom stereocenters. The number of rotatable bonds is 8. The van der Waals surface area contributed by atoms with Crippen LogP contribution in [0.4, 0.5) is 4.39 Å². The maximum atomic E-state index is 13.2. The van der Waals surface area contributed by atoms with E-state index in [1.807, 2.05) is 11.6 Å². The number of hydrogen-bond donors (Lipinski definition) is 1. The largest absolute Gasteiger partial charge is 0.373 e. The van der Waals surface area contributed by atoms with Gasteiger partial charge < -0.3 is 10.1 Å². The van der Waals surface area contributed by atoms with E-state index in [1.54, 1.807) is 12.1 Å². The van der Waals surface area contributed by atoms with Crippen LogP contribution in [0.25, 0.3) is 5.69 Å². The summed E-state index contributed by atoms with van der Waals surface area (Å²) in [4.78, 5) is 2.51. The smallest absolute Gasteiger partial charge is 0.123 e. The van der Waals surface area contributed by atoms with Crippen LogP contribution in [0.3, 0.4) is 0 Å². The number of unbranched alkanes of at least 4 members (excludes halogenated alkanes) is 1. The summed E-state index contributed by atoms with van der Waals surface area (Å²) in [6.45, 7) is 13.4. The molecule has 0 radical (unpaired) electrons. The Morgan fingerprint density at radius 1 is 1.11 bits per heavy atom. The number of benzene rings is 1. The highest BCUT2D eigenvalue weighted by Gasteiger charge is 2.21. The van der Waals surface area contributed by atoms with Gasteiger partial charge in [-0.15, -0.1) is 0 Å². The first-order valence-corrected chi connectivity index (χ1v) is 10.3. The Morgan fingerprint density at radius 2 is 1.79 bits per heavy atom. The molecule has 1 fully saturated rings. The van der Waals surface area contributed by atoms with Crippen molar-refractivity contribution in [3.05, 3.63) is 47.0 Å². The van der Waals surface area contributed by atoms with Crippen LogP contribution in [-0.2, 0) is 11.3 Å². The quantitative estimate of drug-likeness (QED) is 0.702. The monoisotopic (exact) mass is 388 g/mol. The summed E-state index contributed by atoms with van der Waals surface area (Å²) in [5.41, 5.74) is 4.24. The third-order valence-electron chi connectivity index (χ3n) is 5.39. The molecule has 6 heteroatoms. The summed E-state index contributed by atoms with van der Waals surface area (Å²) in [5.74, 6) is -0.229. The van der Waals surface area contributed by atoms with Crippen LogP contribution in [0.2, 0.25) is 0 Å². The van der Waals surface area contributed by atoms with Crippen molar-refractivity contribution in [2.24, 2.45) is 0 Å². The maximum Gasteiger partial charge on any atom is 0.123 e. The van der Waals surface area contributed by atoms with E-state index in [0.717, 1.165) is 56.2 Å². The Bertz CT molecular complexity index is 749. The Morgan fingerprint density at radius 3 is 2.46 bits per heavy atom. The molecule has 0 aliphatic carbocycles.